The van der Waals surface area contributed by atoms with Gasteiger partial charge in [0.05, 0.1) is 25.4 Å². The summed E-state index contributed by atoms with van der Waals surface area (Å²) in [6, 6.07) is 0.416. The van der Waals surface area contributed by atoms with Gasteiger partial charge in [-0.2, -0.15) is 0 Å². The Labute approximate surface area is 116 Å². The van der Waals surface area contributed by atoms with Gasteiger partial charge in [0.1, 0.15) is 0 Å². The second kappa shape index (κ2) is 7.22. The molecule has 0 aromatic heterocycles. The maximum Gasteiger partial charge on any atom is 0.237 e. The van der Waals surface area contributed by atoms with Crippen LogP contribution in [0.4, 0.5) is 0 Å². The standard InChI is InChI=1S/C14H28N2O3/c1-10(2)16(11(3)4)14(18)8-15-6-12(5)19-13(7-15)9-17/h10-13,17H,6-9H2,1-5H3. The van der Waals surface area contributed by atoms with Crippen molar-refractivity contribution in [3.05, 3.63) is 0 Å². The molecule has 1 fully saturated rings. The minimum absolute atomic E-state index is 0.00705. The van der Waals surface area contributed by atoms with Crippen molar-refractivity contribution in [3.8, 4) is 0 Å². The highest BCUT2D eigenvalue weighted by molar-refractivity contribution is 5.78. The number of ether oxygens (including phenoxy) is 1. The van der Waals surface area contributed by atoms with Crippen molar-refractivity contribution >= 4 is 5.91 Å². The summed E-state index contributed by atoms with van der Waals surface area (Å²) in [7, 11) is 0. The van der Waals surface area contributed by atoms with Crippen LogP contribution in [0.15, 0.2) is 0 Å². The van der Waals surface area contributed by atoms with Crippen LogP contribution in [0.5, 0.6) is 0 Å². The van der Waals surface area contributed by atoms with Gasteiger partial charge in [0.15, 0.2) is 0 Å². The Morgan fingerprint density at radius 1 is 1.32 bits per heavy atom. The van der Waals surface area contributed by atoms with Gasteiger partial charge >= 0.3 is 0 Å². The molecule has 0 bridgehead atoms. The molecule has 0 aliphatic carbocycles. The average molecular weight is 272 g/mol. The summed E-state index contributed by atoms with van der Waals surface area (Å²) in [5.74, 6) is 0.149. The topological polar surface area (TPSA) is 53.0 Å². The van der Waals surface area contributed by atoms with Gasteiger partial charge in [-0.05, 0) is 34.6 Å². The maximum absolute atomic E-state index is 12.4. The predicted octanol–water partition coefficient (Wildman–Crippen LogP) is 0.713. The molecular formula is C14H28N2O3. The Kier molecular flexibility index (Phi) is 6.23. The van der Waals surface area contributed by atoms with Crippen LogP contribution in [0.1, 0.15) is 34.6 Å². The third kappa shape index (κ3) is 4.75. The first-order valence-corrected chi connectivity index (χ1v) is 7.15. The third-order valence-electron chi connectivity index (χ3n) is 3.37. The number of hydrogen-bond donors (Lipinski definition) is 1. The number of hydrogen-bond acceptors (Lipinski definition) is 4. The summed E-state index contributed by atoms with van der Waals surface area (Å²) < 4.78 is 5.59. The lowest BCUT2D eigenvalue weighted by molar-refractivity contribution is -0.141. The second-order valence-electron chi connectivity index (χ2n) is 5.93. The summed E-state index contributed by atoms with van der Waals surface area (Å²) in [6.07, 6.45) is -0.117. The quantitative estimate of drug-likeness (QED) is 0.801. The fourth-order valence-corrected chi connectivity index (χ4v) is 2.82. The van der Waals surface area contributed by atoms with Crippen molar-refractivity contribution < 1.29 is 14.6 Å². The minimum Gasteiger partial charge on any atom is -0.394 e. The highest BCUT2D eigenvalue weighted by Gasteiger charge is 2.28. The van der Waals surface area contributed by atoms with Crippen molar-refractivity contribution in [1.29, 1.82) is 0 Å². The molecule has 5 heteroatoms. The predicted molar refractivity (Wildman–Crippen MR) is 75.0 cm³/mol. The van der Waals surface area contributed by atoms with Crippen molar-refractivity contribution in [2.24, 2.45) is 0 Å². The molecule has 1 N–H and O–H groups in total. The second-order valence-corrected chi connectivity index (χ2v) is 5.93. The third-order valence-corrected chi connectivity index (χ3v) is 3.37. The van der Waals surface area contributed by atoms with Crippen LogP contribution in [0.3, 0.4) is 0 Å². The Balaban J connectivity index is 2.59. The summed E-state index contributed by atoms with van der Waals surface area (Å²) >= 11 is 0. The molecule has 1 saturated heterocycles. The summed E-state index contributed by atoms with van der Waals surface area (Å²) in [5.41, 5.74) is 0. The van der Waals surface area contributed by atoms with Crippen molar-refractivity contribution in [2.45, 2.75) is 58.9 Å². The lowest BCUT2D eigenvalue weighted by Crippen LogP contribution is -2.53. The fourth-order valence-electron chi connectivity index (χ4n) is 2.82. The van der Waals surface area contributed by atoms with E-state index < -0.39 is 0 Å². The molecule has 19 heavy (non-hydrogen) atoms. The average Bonchev–Trinajstić information content (AvgIpc) is 2.26. The number of carbonyl (C=O) groups excluding carboxylic acids is 1. The van der Waals surface area contributed by atoms with Gasteiger partial charge in [-0.1, -0.05) is 0 Å². The smallest absolute Gasteiger partial charge is 0.237 e. The zero-order valence-corrected chi connectivity index (χ0v) is 12.8. The number of nitrogens with zero attached hydrogens (tertiary/aromatic N) is 2. The number of amides is 1. The lowest BCUT2D eigenvalue weighted by atomic mass is 10.2. The molecule has 5 nitrogen and oxygen atoms in total. The van der Waals surface area contributed by atoms with Crippen molar-refractivity contribution in [3.63, 3.8) is 0 Å². The summed E-state index contributed by atoms with van der Waals surface area (Å²) in [6.45, 7) is 11.9. The normalized spacial score (nSPS) is 25.1. The van der Waals surface area contributed by atoms with Gasteiger partial charge in [-0.15, -0.1) is 0 Å². The zero-order chi connectivity index (χ0) is 14.6. The van der Waals surface area contributed by atoms with E-state index in [1.807, 2.05) is 39.5 Å². The van der Waals surface area contributed by atoms with Crippen LogP contribution in [0.2, 0.25) is 0 Å². The Bertz CT molecular complexity index is 286. The molecule has 0 aromatic rings. The lowest BCUT2D eigenvalue weighted by Gasteiger charge is -2.38. The maximum atomic E-state index is 12.4. The van der Waals surface area contributed by atoms with E-state index in [-0.39, 0.29) is 36.8 Å². The Hall–Kier alpha value is -0.650. The van der Waals surface area contributed by atoms with E-state index in [9.17, 15) is 9.90 Å². The Morgan fingerprint density at radius 3 is 2.37 bits per heavy atom. The van der Waals surface area contributed by atoms with E-state index >= 15 is 0 Å². The molecule has 1 heterocycles. The summed E-state index contributed by atoms with van der Waals surface area (Å²) in [4.78, 5) is 16.4. The monoisotopic (exact) mass is 272 g/mol. The van der Waals surface area contributed by atoms with Crippen molar-refractivity contribution in [2.75, 3.05) is 26.2 Å². The first kappa shape index (κ1) is 16.4. The molecule has 2 atom stereocenters. The van der Waals surface area contributed by atoms with E-state index in [1.165, 1.54) is 0 Å². The minimum atomic E-state index is -0.178. The number of carbonyl (C=O) groups is 1. The molecule has 1 amide bonds. The van der Waals surface area contributed by atoms with E-state index in [2.05, 4.69) is 4.90 Å². The molecule has 0 saturated carbocycles. The van der Waals surface area contributed by atoms with Crippen LogP contribution in [-0.2, 0) is 9.53 Å². The number of morpholine rings is 1. The van der Waals surface area contributed by atoms with Gasteiger partial charge < -0.3 is 14.7 Å². The first-order chi connectivity index (χ1) is 8.85. The van der Waals surface area contributed by atoms with Crippen molar-refractivity contribution in [1.82, 2.24) is 9.80 Å². The molecule has 1 rings (SSSR count). The number of aliphatic hydroxyl groups excluding tert-OH is 1. The number of aliphatic hydroxyl groups is 1. The van der Waals surface area contributed by atoms with Gasteiger partial charge in [0.25, 0.3) is 0 Å². The molecule has 1 aliphatic rings. The molecule has 2 unspecified atom stereocenters. The largest absolute Gasteiger partial charge is 0.394 e. The van der Waals surface area contributed by atoms with E-state index in [1.54, 1.807) is 0 Å². The first-order valence-electron chi connectivity index (χ1n) is 7.15. The highest BCUT2D eigenvalue weighted by Crippen LogP contribution is 2.12. The summed E-state index contributed by atoms with van der Waals surface area (Å²) in [5, 5.41) is 9.20. The fraction of sp³-hybridized carbons (Fsp3) is 0.929. The van der Waals surface area contributed by atoms with Crippen LogP contribution < -0.4 is 0 Å². The zero-order valence-electron chi connectivity index (χ0n) is 12.8. The number of rotatable bonds is 5. The van der Waals surface area contributed by atoms with E-state index in [0.29, 0.717) is 13.1 Å². The van der Waals surface area contributed by atoms with Crippen LogP contribution in [-0.4, -0.2) is 71.3 Å². The molecule has 112 valence electrons. The SMILES string of the molecule is CC1CN(CC(=O)N(C(C)C)C(C)C)CC(CO)O1. The molecule has 1 aliphatic heterocycles. The van der Waals surface area contributed by atoms with Gasteiger partial charge in [-0.3, -0.25) is 9.69 Å². The molecule has 0 spiro atoms. The molecule has 0 aromatic carbocycles. The van der Waals surface area contributed by atoms with Crippen LogP contribution >= 0.6 is 0 Å². The van der Waals surface area contributed by atoms with Gasteiger partial charge in [0.2, 0.25) is 5.91 Å². The highest BCUT2D eigenvalue weighted by atomic mass is 16.5. The van der Waals surface area contributed by atoms with Crippen LogP contribution in [0, 0.1) is 0 Å². The van der Waals surface area contributed by atoms with Gasteiger partial charge in [-0.25, -0.2) is 0 Å². The van der Waals surface area contributed by atoms with E-state index in [4.69, 9.17) is 4.74 Å². The molecule has 0 radical (unpaired) electrons. The van der Waals surface area contributed by atoms with Crippen LogP contribution in [0.25, 0.3) is 0 Å². The Morgan fingerprint density at radius 2 is 1.89 bits per heavy atom. The molecular weight excluding hydrogens is 244 g/mol. The van der Waals surface area contributed by atoms with E-state index in [0.717, 1.165) is 6.54 Å². The van der Waals surface area contributed by atoms with Gasteiger partial charge in [0, 0.05) is 25.2 Å².